The molecule has 0 bridgehead atoms. The minimum Gasteiger partial charge on any atom is -0.388 e. The smallest absolute Gasteiger partial charge is 0.309 e. The van der Waals surface area contributed by atoms with E-state index in [0.29, 0.717) is 39.1 Å². The molecule has 110 valence electrons. The molecule has 1 fully saturated rings. The van der Waals surface area contributed by atoms with Gasteiger partial charge in [-0.25, -0.2) is 0 Å². The Hall–Kier alpha value is -1.18. The number of rotatable bonds is 5. The molecule has 2 amide bonds. The van der Waals surface area contributed by atoms with Crippen LogP contribution in [0.2, 0.25) is 0 Å². The molecule has 1 saturated heterocycles. The van der Waals surface area contributed by atoms with Gasteiger partial charge in [0.15, 0.2) is 0 Å². The lowest BCUT2D eigenvalue weighted by atomic mass is 9.94. The first-order valence-corrected chi connectivity index (χ1v) is 6.44. The summed E-state index contributed by atoms with van der Waals surface area (Å²) in [5.41, 5.74) is -0.960. The summed E-state index contributed by atoms with van der Waals surface area (Å²) in [6.45, 7) is 2.11. The summed E-state index contributed by atoms with van der Waals surface area (Å²) in [5.74, 6) is -1.38. The molecular weight excluding hydrogens is 250 g/mol. The van der Waals surface area contributed by atoms with E-state index in [0.717, 1.165) is 0 Å². The standard InChI is InChI=1S/C12H23N3O4/c1-15(2)6-5-13-10(16)11(17)14-9-12(18)3-7-19-8-4-12/h18H,3-9H2,1-2H3,(H,13,16)(H,14,17). The van der Waals surface area contributed by atoms with Crippen LogP contribution >= 0.6 is 0 Å². The highest BCUT2D eigenvalue weighted by atomic mass is 16.5. The minimum absolute atomic E-state index is 0.0797. The van der Waals surface area contributed by atoms with Crippen molar-refractivity contribution < 1.29 is 19.4 Å². The monoisotopic (exact) mass is 273 g/mol. The van der Waals surface area contributed by atoms with Gasteiger partial charge >= 0.3 is 11.8 Å². The molecule has 0 aromatic rings. The molecule has 7 heteroatoms. The largest absolute Gasteiger partial charge is 0.388 e. The molecule has 0 saturated carbocycles. The topological polar surface area (TPSA) is 90.9 Å². The SMILES string of the molecule is CN(C)CCNC(=O)C(=O)NCC1(O)CCOCC1. The van der Waals surface area contributed by atoms with Crippen LogP contribution in [-0.2, 0) is 14.3 Å². The van der Waals surface area contributed by atoms with Crippen molar-refractivity contribution >= 4 is 11.8 Å². The Kier molecular flexibility index (Phi) is 6.20. The quantitative estimate of drug-likeness (QED) is 0.521. The van der Waals surface area contributed by atoms with Crippen molar-refractivity contribution in [2.75, 3.05) is 46.9 Å². The molecule has 19 heavy (non-hydrogen) atoms. The molecule has 0 aromatic carbocycles. The van der Waals surface area contributed by atoms with Crippen LogP contribution in [0.4, 0.5) is 0 Å². The van der Waals surface area contributed by atoms with E-state index in [2.05, 4.69) is 10.6 Å². The van der Waals surface area contributed by atoms with Crippen LogP contribution in [0.15, 0.2) is 0 Å². The van der Waals surface area contributed by atoms with Gasteiger partial charge in [0, 0.05) is 45.7 Å². The summed E-state index contributed by atoms with van der Waals surface area (Å²) in [6, 6.07) is 0. The van der Waals surface area contributed by atoms with Crippen LogP contribution < -0.4 is 10.6 Å². The first kappa shape index (κ1) is 15.9. The first-order chi connectivity index (χ1) is 8.93. The van der Waals surface area contributed by atoms with Crippen molar-refractivity contribution in [2.24, 2.45) is 0 Å². The van der Waals surface area contributed by atoms with Gasteiger partial charge in [0.05, 0.1) is 5.60 Å². The fourth-order valence-electron chi connectivity index (χ4n) is 1.73. The number of likely N-dealkylation sites (N-methyl/N-ethyl adjacent to an activating group) is 1. The fourth-order valence-corrected chi connectivity index (χ4v) is 1.73. The zero-order valence-corrected chi connectivity index (χ0v) is 11.6. The Labute approximate surface area is 113 Å². The molecule has 7 nitrogen and oxygen atoms in total. The summed E-state index contributed by atoms with van der Waals surface area (Å²) in [6.07, 6.45) is 0.936. The third kappa shape index (κ3) is 6.00. The second-order valence-electron chi connectivity index (χ2n) is 5.08. The van der Waals surface area contributed by atoms with E-state index < -0.39 is 17.4 Å². The molecule has 0 aliphatic carbocycles. The molecule has 3 N–H and O–H groups in total. The number of nitrogens with one attached hydrogen (secondary N) is 2. The van der Waals surface area contributed by atoms with Gasteiger partial charge in [-0.2, -0.15) is 0 Å². The van der Waals surface area contributed by atoms with E-state index in [1.165, 1.54) is 0 Å². The lowest BCUT2D eigenvalue weighted by molar-refractivity contribution is -0.140. The predicted molar refractivity (Wildman–Crippen MR) is 69.6 cm³/mol. The summed E-state index contributed by atoms with van der Waals surface area (Å²) in [7, 11) is 3.76. The van der Waals surface area contributed by atoms with Gasteiger partial charge in [-0.05, 0) is 14.1 Å². The highest BCUT2D eigenvalue weighted by Crippen LogP contribution is 2.18. The second-order valence-corrected chi connectivity index (χ2v) is 5.08. The number of ether oxygens (including phenoxy) is 1. The molecule has 1 rings (SSSR count). The first-order valence-electron chi connectivity index (χ1n) is 6.44. The van der Waals surface area contributed by atoms with Crippen molar-refractivity contribution in [3.63, 3.8) is 0 Å². The van der Waals surface area contributed by atoms with Crippen LogP contribution in [0.3, 0.4) is 0 Å². The van der Waals surface area contributed by atoms with Crippen molar-refractivity contribution in [2.45, 2.75) is 18.4 Å². The lowest BCUT2D eigenvalue weighted by Gasteiger charge is -2.31. The molecule has 1 aliphatic rings. The van der Waals surface area contributed by atoms with Crippen LogP contribution in [0, 0.1) is 0 Å². The Balaban J connectivity index is 2.24. The number of amides is 2. The summed E-state index contributed by atoms with van der Waals surface area (Å²) < 4.78 is 5.14. The minimum atomic E-state index is -0.960. The summed E-state index contributed by atoms with van der Waals surface area (Å²) in [4.78, 5) is 24.9. The Bertz CT molecular complexity index is 314. The van der Waals surface area contributed by atoms with Crippen molar-refractivity contribution in [3.8, 4) is 0 Å². The number of nitrogens with zero attached hydrogens (tertiary/aromatic N) is 1. The predicted octanol–water partition coefficient (Wildman–Crippen LogP) is -1.68. The van der Waals surface area contributed by atoms with Crippen LogP contribution in [-0.4, -0.2) is 74.4 Å². The normalized spacial score (nSPS) is 18.1. The van der Waals surface area contributed by atoms with Gasteiger partial charge in [0.2, 0.25) is 0 Å². The highest BCUT2D eigenvalue weighted by Gasteiger charge is 2.30. The molecule has 1 aliphatic heterocycles. The maximum Gasteiger partial charge on any atom is 0.309 e. The number of aliphatic hydroxyl groups is 1. The Morgan fingerprint density at radius 2 is 1.79 bits per heavy atom. The van der Waals surface area contributed by atoms with Gasteiger partial charge in [-0.15, -0.1) is 0 Å². The van der Waals surface area contributed by atoms with E-state index in [9.17, 15) is 14.7 Å². The molecule has 1 heterocycles. The average molecular weight is 273 g/mol. The summed E-state index contributed by atoms with van der Waals surface area (Å²) >= 11 is 0. The maximum atomic E-state index is 11.5. The van der Waals surface area contributed by atoms with Crippen molar-refractivity contribution in [1.82, 2.24) is 15.5 Å². The van der Waals surface area contributed by atoms with Gasteiger partial charge in [-0.1, -0.05) is 0 Å². The molecule has 0 atom stereocenters. The van der Waals surface area contributed by atoms with E-state index in [1.54, 1.807) is 0 Å². The Morgan fingerprint density at radius 1 is 1.21 bits per heavy atom. The number of carbonyl (C=O) groups is 2. The van der Waals surface area contributed by atoms with E-state index in [4.69, 9.17) is 4.74 Å². The van der Waals surface area contributed by atoms with Crippen molar-refractivity contribution in [3.05, 3.63) is 0 Å². The van der Waals surface area contributed by atoms with Gasteiger partial charge in [-0.3, -0.25) is 9.59 Å². The third-order valence-electron chi connectivity index (χ3n) is 3.05. The second kappa shape index (κ2) is 7.42. The Morgan fingerprint density at radius 3 is 2.37 bits per heavy atom. The molecular formula is C12H23N3O4. The molecule has 0 spiro atoms. The van der Waals surface area contributed by atoms with Crippen LogP contribution in [0.25, 0.3) is 0 Å². The van der Waals surface area contributed by atoms with Crippen LogP contribution in [0.1, 0.15) is 12.8 Å². The number of hydrogen-bond acceptors (Lipinski definition) is 5. The zero-order valence-electron chi connectivity index (χ0n) is 11.6. The highest BCUT2D eigenvalue weighted by molar-refractivity contribution is 6.35. The number of hydrogen-bond donors (Lipinski definition) is 3. The van der Waals surface area contributed by atoms with E-state index in [-0.39, 0.29) is 6.54 Å². The molecule has 0 aromatic heterocycles. The fraction of sp³-hybridized carbons (Fsp3) is 0.833. The van der Waals surface area contributed by atoms with Gasteiger partial charge < -0.3 is 25.4 Å². The van der Waals surface area contributed by atoms with Gasteiger partial charge in [0.25, 0.3) is 0 Å². The van der Waals surface area contributed by atoms with Gasteiger partial charge in [0.1, 0.15) is 0 Å². The molecule has 0 radical (unpaired) electrons. The number of carbonyl (C=O) groups excluding carboxylic acids is 2. The average Bonchev–Trinajstić information content (AvgIpc) is 2.36. The van der Waals surface area contributed by atoms with Crippen molar-refractivity contribution in [1.29, 1.82) is 0 Å². The lowest BCUT2D eigenvalue weighted by Crippen LogP contribution is -2.50. The maximum absolute atomic E-state index is 11.5. The third-order valence-corrected chi connectivity index (χ3v) is 3.05. The summed E-state index contributed by atoms with van der Waals surface area (Å²) in [5, 5.41) is 15.1. The van der Waals surface area contributed by atoms with Crippen LogP contribution in [0.5, 0.6) is 0 Å². The zero-order chi connectivity index (χ0) is 14.3. The van der Waals surface area contributed by atoms with E-state index in [1.807, 2.05) is 19.0 Å². The molecule has 0 unspecified atom stereocenters. The van der Waals surface area contributed by atoms with E-state index >= 15 is 0 Å².